The quantitative estimate of drug-likeness (QED) is 0.626. The van der Waals surface area contributed by atoms with Gasteiger partial charge in [0.1, 0.15) is 5.69 Å². The van der Waals surface area contributed by atoms with Crippen molar-refractivity contribution < 1.29 is 0 Å². The molecule has 0 radical (unpaired) electrons. The molecule has 0 saturated heterocycles. The monoisotopic (exact) mass is 256 g/mol. The molecular weight excluding hydrogens is 240 g/mol. The van der Waals surface area contributed by atoms with E-state index in [4.69, 9.17) is 0 Å². The van der Waals surface area contributed by atoms with Crippen LogP contribution in [-0.4, -0.2) is 9.78 Å². The van der Waals surface area contributed by atoms with Gasteiger partial charge in [-0.25, -0.2) is 0 Å². The molecule has 2 aromatic heterocycles. The van der Waals surface area contributed by atoms with Gasteiger partial charge in [-0.3, -0.25) is 4.68 Å². The van der Waals surface area contributed by atoms with Crippen LogP contribution in [0.2, 0.25) is 0 Å². The van der Waals surface area contributed by atoms with Crippen LogP contribution >= 0.6 is 11.3 Å². The molecule has 0 unspecified atom stereocenters. The number of thiophene rings is 1. The molecule has 92 valence electrons. The highest BCUT2D eigenvalue weighted by Crippen LogP contribution is 2.32. The fraction of sp³-hybridized carbons (Fsp3) is 0.267. The highest BCUT2D eigenvalue weighted by molar-refractivity contribution is 7.22. The summed E-state index contributed by atoms with van der Waals surface area (Å²) in [5, 5.41) is 5.97. The van der Waals surface area contributed by atoms with Crippen LogP contribution in [0.3, 0.4) is 0 Å². The summed E-state index contributed by atoms with van der Waals surface area (Å²) >= 11 is 1.80. The summed E-state index contributed by atoms with van der Waals surface area (Å²) in [5.41, 5.74) is 1.10. The molecule has 0 saturated carbocycles. The number of rotatable bonds is 1. The first kappa shape index (κ1) is 11.5. The second-order valence-corrected chi connectivity index (χ2v) is 6.55. The third kappa shape index (κ3) is 1.95. The minimum atomic E-state index is 0.0366. The van der Waals surface area contributed by atoms with E-state index in [0.29, 0.717) is 0 Å². The Morgan fingerprint density at radius 2 is 1.89 bits per heavy atom. The summed E-state index contributed by atoms with van der Waals surface area (Å²) in [6.07, 6.45) is 2.06. The Balaban J connectivity index is 2.06. The van der Waals surface area contributed by atoms with E-state index in [9.17, 15) is 0 Å². The average molecular weight is 256 g/mol. The van der Waals surface area contributed by atoms with Crippen LogP contribution in [0.1, 0.15) is 20.8 Å². The number of hydrogen-bond donors (Lipinski definition) is 0. The Hall–Kier alpha value is -1.61. The van der Waals surface area contributed by atoms with Gasteiger partial charge < -0.3 is 0 Å². The lowest BCUT2D eigenvalue weighted by Gasteiger charge is -2.18. The fourth-order valence-electron chi connectivity index (χ4n) is 1.94. The van der Waals surface area contributed by atoms with Gasteiger partial charge in [0.25, 0.3) is 0 Å². The van der Waals surface area contributed by atoms with E-state index in [-0.39, 0.29) is 5.54 Å². The van der Waals surface area contributed by atoms with Gasteiger partial charge >= 0.3 is 0 Å². The maximum absolute atomic E-state index is 4.67. The summed E-state index contributed by atoms with van der Waals surface area (Å²) < 4.78 is 3.34. The Kier molecular flexibility index (Phi) is 2.52. The zero-order valence-electron chi connectivity index (χ0n) is 10.8. The third-order valence-electron chi connectivity index (χ3n) is 2.95. The van der Waals surface area contributed by atoms with Gasteiger partial charge in [-0.1, -0.05) is 18.2 Å². The normalized spacial score (nSPS) is 12.2. The van der Waals surface area contributed by atoms with E-state index in [1.54, 1.807) is 11.3 Å². The van der Waals surface area contributed by atoms with Crippen molar-refractivity contribution in [3.8, 4) is 10.6 Å². The van der Waals surface area contributed by atoms with Crippen LogP contribution in [0.4, 0.5) is 0 Å². The first-order valence-corrected chi connectivity index (χ1v) is 6.91. The zero-order chi connectivity index (χ0) is 12.8. The van der Waals surface area contributed by atoms with Crippen molar-refractivity contribution >= 4 is 21.4 Å². The minimum Gasteiger partial charge on any atom is -0.267 e. The molecule has 3 rings (SSSR count). The number of benzene rings is 1. The summed E-state index contributed by atoms with van der Waals surface area (Å²) in [6.45, 7) is 6.48. The van der Waals surface area contributed by atoms with Crippen molar-refractivity contribution in [1.82, 2.24) is 9.78 Å². The molecule has 0 N–H and O–H groups in total. The average Bonchev–Trinajstić information content (AvgIpc) is 2.94. The van der Waals surface area contributed by atoms with Gasteiger partial charge in [-0.15, -0.1) is 11.3 Å². The SMILES string of the molecule is CC(C)(C)n1ccc(-c2cc3ccccc3s2)n1. The Bertz CT molecular complexity index is 653. The number of nitrogens with zero attached hydrogens (tertiary/aromatic N) is 2. The predicted molar refractivity (Wildman–Crippen MR) is 78.0 cm³/mol. The van der Waals surface area contributed by atoms with Crippen LogP contribution in [0.15, 0.2) is 42.6 Å². The molecule has 0 atom stereocenters. The van der Waals surface area contributed by atoms with E-state index < -0.39 is 0 Å². The summed E-state index contributed by atoms with van der Waals surface area (Å²) in [6, 6.07) is 12.8. The molecule has 0 aliphatic carbocycles. The molecule has 0 fully saturated rings. The molecule has 1 aromatic carbocycles. The second-order valence-electron chi connectivity index (χ2n) is 5.46. The molecule has 2 heterocycles. The third-order valence-corrected chi connectivity index (χ3v) is 4.09. The molecule has 0 bridgehead atoms. The van der Waals surface area contributed by atoms with Crippen LogP contribution in [0.5, 0.6) is 0 Å². The van der Waals surface area contributed by atoms with Crippen LogP contribution < -0.4 is 0 Å². The van der Waals surface area contributed by atoms with Crippen molar-refractivity contribution in [1.29, 1.82) is 0 Å². The molecule has 3 heteroatoms. The Morgan fingerprint density at radius 3 is 2.56 bits per heavy atom. The molecule has 18 heavy (non-hydrogen) atoms. The predicted octanol–water partition coefficient (Wildman–Crippen LogP) is 4.52. The van der Waals surface area contributed by atoms with Crippen LogP contribution in [0, 0.1) is 0 Å². The summed E-state index contributed by atoms with van der Waals surface area (Å²) in [4.78, 5) is 1.24. The van der Waals surface area contributed by atoms with Gasteiger partial charge in [0.05, 0.1) is 10.4 Å². The lowest BCUT2D eigenvalue weighted by atomic mass is 10.1. The van der Waals surface area contributed by atoms with E-state index in [1.807, 2.05) is 4.68 Å². The fourth-order valence-corrected chi connectivity index (χ4v) is 2.96. The maximum Gasteiger partial charge on any atom is 0.102 e. The highest BCUT2D eigenvalue weighted by atomic mass is 32.1. The van der Waals surface area contributed by atoms with Gasteiger partial charge in [0.2, 0.25) is 0 Å². The molecule has 0 aliphatic heterocycles. The molecule has 0 aliphatic rings. The standard InChI is InChI=1S/C15H16N2S/c1-15(2,3)17-9-8-12(16-17)14-10-11-6-4-5-7-13(11)18-14/h4-10H,1-3H3. The smallest absolute Gasteiger partial charge is 0.102 e. The molecular formula is C15H16N2S. The van der Waals surface area contributed by atoms with Gasteiger partial charge in [-0.2, -0.15) is 5.10 Å². The molecule has 0 amide bonds. The number of fused-ring (bicyclic) bond motifs is 1. The van der Waals surface area contributed by atoms with Crippen molar-refractivity contribution in [2.24, 2.45) is 0 Å². The minimum absolute atomic E-state index is 0.0366. The zero-order valence-corrected chi connectivity index (χ0v) is 11.7. The van der Waals surface area contributed by atoms with Crippen molar-refractivity contribution in [2.45, 2.75) is 26.3 Å². The van der Waals surface area contributed by atoms with Gasteiger partial charge in [-0.05, 0) is 44.4 Å². The van der Waals surface area contributed by atoms with Crippen molar-refractivity contribution in [3.05, 3.63) is 42.6 Å². The molecule has 0 spiro atoms. The van der Waals surface area contributed by atoms with Gasteiger partial charge in [0, 0.05) is 10.9 Å². The first-order chi connectivity index (χ1) is 8.54. The highest BCUT2D eigenvalue weighted by Gasteiger charge is 2.15. The lowest BCUT2D eigenvalue weighted by molar-refractivity contribution is 0.356. The molecule has 2 nitrogen and oxygen atoms in total. The summed E-state index contributed by atoms with van der Waals surface area (Å²) in [7, 11) is 0. The topological polar surface area (TPSA) is 17.8 Å². The van der Waals surface area contributed by atoms with Crippen molar-refractivity contribution in [2.75, 3.05) is 0 Å². The van der Waals surface area contributed by atoms with E-state index in [2.05, 4.69) is 68.5 Å². The van der Waals surface area contributed by atoms with E-state index in [1.165, 1.54) is 15.0 Å². The largest absolute Gasteiger partial charge is 0.267 e. The Labute approximate surface area is 111 Å². The summed E-state index contributed by atoms with van der Waals surface area (Å²) in [5.74, 6) is 0. The number of hydrogen-bond acceptors (Lipinski definition) is 2. The number of aromatic nitrogens is 2. The maximum atomic E-state index is 4.67. The van der Waals surface area contributed by atoms with Crippen LogP contribution in [0.25, 0.3) is 20.7 Å². The van der Waals surface area contributed by atoms with E-state index in [0.717, 1.165) is 5.69 Å². The van der Waals surface area contributed by atoms with Crippen molar-refractivity contribution in [3.63, 3.8) is 0 Å². The Morgan fingerprint density at radius 1 is 1.11 bits per heavy atom. The lowest BCUT2D eigenvalue weighted by Crippen LogP contribution is -2.22. The first-order valence-electron chi connectivity index (χ1n) is 6.09. The van der Waals surface area contributed by atoms with Gasteiger partial charge in [0.15, 0.2) is 0 Å². The second kappa shape index (κ2) is 3.95. The van der Waals surface area contributed by atoms with Crippen LogP contribution in [-0.2, 0) is 5.54 Å². The van der Waals surface area contributed by atoms with E-state index >= 15 is 0 Å². The molecule has 3 aromatic rings.